The average molecular weight is 634 g/mol. The molecule has 4 aliphatic heterocycles. The number of hydrogen-bond acceptors (Lipinski definition) is 10. The van der Waals surface area contributed by atoms with Crippen molar-refractivity contribution in [2.75, 3.05) is 13.7 Å². The summed E-state index contributed by atoms with van der Waals surface area (Å²) in [5.74, 6) is -0.882. The van der Waals surface area contributed by atoms with Crippen molar-refractivity contribution in [3.63, 3.8) is 0 Å². The molecule has 12 nitrogen and oxygen atoms in total. The van der Waals surface area contributed by atoms with Gasteiger partial charge in [0, 0.05) is 17.6 Å². The lowest BCUT2D eigenvalue weighted by atomic mass is 9.95. The van der Waals surface area contributed by atoms with E-state index in [-0.39, 0.29) is 13.2 Å². The van der Waals surface area contributed by atoms with Gasteiger partial charge in [-0.15, -0.1) is 0 Å². The Kier molecular flexibility index (Phi) is 9.01. The maximum absolute atomic E-state index is 9.77. The van der Waals surface area contributed by atoms with Crippen LogP contribution in [0.1, 0.15) is 38.2 Å². The second kappa shape index (κ2) is 13.2. The Morgan fingerprint density at radius 2 is 1.63 bits per heavy atom. The third-order valence-electron chi connectivity index (χ3n) is 8.91. The summed E-state index contributed by atoms with van der Waals surface area (Å²) >= 11 is 0. The van der Waals surface area contributed by atoms with Crippen LogP contribution in [0.2, 0.25) is 0 Å². The number of hydrogen-bond donors (Lipinski definition) is 0. The van der Waals surface area contributed by atoms with Crippen molar-refractivity contribution in [1.82, 2.24) is 0 Å². The van der Waals surface area contributed by atoms with Crippen molar-refractivity contribution in [1.29, 1.82) is 0 Å². The number of rotatable bonds is 8. The first-order chi connectivity index (χ1) is 22.3. The molecule has 3 aromatic rings. The highest BCUT2D eigenvalue weighted by Gasteiger charge is 2.58. The molecule has 0 aromatic heterocycles. The molecule has 4 heterocycles. The van der Waals surface area contributed by atoms with E-state index in [0.29, 0.717) is 0 Å². The van der Waals surface area contributed by atoms with Crippen LogP contribution in [0.15, 0.2) is 77.9 Å². The molecule has 0 bridgehead atoms. The highest BCUT2D eigenvalue weighted by Crippen LogP contribution is 2.42. The van der Waals surface area contributed by atoms with E-state index in [9.17, 15) is 5.53 Å². The molecule has 244 valence electrons. The quantitative estimate of drug-likeness (QED) is 0.178. The van der Waals surface area contributed by atoms with Gasteiger partial charge in [0.25, 0.3) is 0 Å². The molecular formula is C34H39N3O9. The number of methoxy groups -OCH3 is 1. The van der Waals surface area contributed by atoms with E-state index >= 15 is 0 Å². The van der Waals surface area contributed by atoms with Crippen LogP contribution in [-0.4, -0.2) is 80.9 Å². The minimum absolute atomic E-state index is 0.212. The number of benzene rings is 3. The first-order valence-corrected chi connectivity index (χ1v) is 15.6. The van der Waals surface area contributed by atoms with E-state index in [2.05, 4.69) is 34.3 Å². The van der Waals surface area contributed by atoms with Gasteiger partial charge in [0.15, 0.2) is 24.7 Å². The molecule has 4 fully saturated rings. The highest BCUT2D eigenvalue weighted by molar-refractivity contribution is 5.82. The predicted molar refractivity (Wildman–Crippen MR) is 164 cm³/mol. The van der Waals surface area contributed by atoms with Crippen molar-refractivity contribution in [3.05, 3.63) is 94.4 Å². The molecule has 3 aromatic carbocycles. The van der Waals surface area contributed by atoms with Gasteiger partial charge in [-0.2, -0.15) is 0 Å². The maximum atomic E-state index is 9.77. The van der Waals surface area contributed by atoms with Crippen LogP contribution in [0, 0.1) is 0 Å². The topological polar surface area (TPSA) is 132 Å². The summed E-state index contributed by atoms with van der Waals surface area (Å²) in [6.45, 7) is 6.00. The monoisotopic (exact) mass is 633 g/mol. The van der Waals surface area contributed by atoms with Crippen LogP contribution in [0.3, 0.4) is 0 Å². The molecule has 46 heavy (non-hydrogen) atoms. The number of azide groups is 1. The van der Waals surface area contributed by atoms with Crippen molar-refractivity contribution in [2.45, 2.75) is 101 Å². The molecule has 0 radical (unpaired) electrons. The zero-order valence-electron chi connectivity index (χ0n) is 26.2. The van der Waals surface area contributed by atoms with Crippen LogP contribution >= 0.6 is 0 Å². The molecule has 0 saturated carbocycles. The van der Waals surface area contributed by atoms with Gasteiger partial charge in [0.2, 0.25) is 0 Å². The van der Waals surface area contributed by atoms with Crippen LogP contribution in [0.5, 0.6) is 0 Å². The summed E-state index contributed by atoms with van der Waals surface area (Å²) in [4.78, 5) is 3.19. The molecule has 11 atom stereocenters. The minimum atomic E-state index is -1.03. The van der Waals surface area contributed by atoms with E-state index < -0.39 is 73.4 Å². The van der Waals surface area contributed by atoms with E-state index in [1.54, 1.807) is 7.11 Å². The van der Waals surface area contributed by atoms with Gasteiger partial charge in [-0.3, -0.25) is 0 Å². The van der Waals surface area contributed by atoms with Gasteiger partial charge >= 0.3 is 0 Å². The molecule has 0 amide bonds. The second-order valence-corrected chi connectivity index (χ2v) is 12.5. The van der Waals surface area contributed by atoms with Gasteiger partial charge in [-0.1, -0.05) is 71.8 Å². The van der Waals surface area contributed by atoms with Crippen LogP contribution in [-0.2, 0) is 49.2 Å². The Labute approximate surface area is 267 Å². The third-order valence-corrected chi connectivity index (χ3v) is 8.91. The summed E-state index contributed by atoms with van der Waals surface area (Å²) in [5, 5.41) is 6.42. The molecule has 7 rings (SSSR count). The minimum Gasteiger partial charge on any atom is -0.370 e. The lowest BCUT2D eigenvalue weighted by Gasteiger charge is -2.50. The molecule has 4 saturated heterocycles. The number of fused-ring (bicyclic) bond motifs is 3. The Morgan fingerprint density at radius 3 is 2.41 bits per heavy atom. The Bertz CT molecular complexity index is 1550. The zero-order chi connectivity index (χ0) is 31.8. The lowest BCUT2D eigenvalue weighted by Crippen LogP contribution is -2.65. The molecular weight excluding hydrogens is 594 g/mol. The van der Waals surface area contributed by atoms with Crippen molar-refractivity contribution >= 4 is 10.8 Å². The van der Waals surface area contributed by atoms with E-state index in [0.717, 1.165) is 21.9 Å². The average Bonchev–Trinajstić information content (AvgIpc) is 3.40. The van der Waals surface area contributed by atoms with E-state index in [1.807, 2.05) is 69.3 Å². The first-order valence-electron chi connectivity index (χ1n) is 15.6. The normalized spacial score (nSPS) is 36.8. The largest absolute Gasteiger partial charge is 0.370 e. The van der Waals surface area contributed by atoms with Crippen LogP contribution in [0.25, 0.3) is 21.2 Å². The van der Waals surface area contributed by atoms with Gasteiger partial charge in [-0.05, 0) is 48.7 Å². The Morgan fingerprint density at radius 1 is 0.870 bits per heavy atom. The van der Waals surface area contributed by atoms with Gasteiger partial charge < -0.3 is 42.6 Å². The summed E-state index contributed by atoms with van der Waals surface area (Å²) in [7, 11) is 1.57. The standard InChI is InChI=1S/C34H39N3O9/c1-19-26(29-30(33(38-4)41-19)46-34(2,3)45-29)43-32-25(36-37-35)28(39-17-20-14-15-21-10-8-9-13-23(21)16-20)27-24(42-32)18-40-31(44-27)22-11-6-5-7-12-22/h5-16,19,24-33H,17-18H2,1-4H3/t19-,24+,25+,26-,27-,28+,29+,30+,31-,32-,33+/m0/s1. The summed E-state index contributed by atoms with van der Waals surface area (Å²) < 4.78 is 56.5. The fraction of sp³-hybridized carbons (Fsp3) is 0.529. The fourth-order valence-corrected chi connectivity index (χ4v) is 6.79. The van der Waals surface area contributed by atoms with Crippen molar-refractivity contribution in [2.24, 2.45) is 5.11 Å². The van der Waals surface area contributed by atoms with Crippen molar-refractivity contribution < 1.29 is 42.6 Å². The Balaban J connectivity index is 1.18. The predicted octanol–water partition coefficient (Wildman–Crippen LogP) is 5.54. The summed E-state index contributed by atoms with van der Waals surface area (Å²) in [6.07, 6.45) is -6.41. The molecule has 0 unspecified atom stereocenters. The van der Waals surface area contributed by atoms with Gasteiger partial charge in [0.05, 0.1) is 19.3 Å². The summed E-state index contributed by atoms with van der Waals surface area (Å²) in [5.41, 5.74) is 11.6. The van der Waals surface area contributed by atoms with Gasteiger partial charge in [0.1, 0.15) is 42.7 Å². The van der Waals surface area contributed by atoms with E-state index in [4.69, 9.17) is 42.6 Å². The second-order valence-electron chi connectivity index (χ2n) is 12.5. The molecule has 0 N–H and O–H groups in total. The molecule has 4 aliphatic rings. The van der Waals surface area contributed by atoms with Gasteiger partial charge in [-0.25, -0.2) is 0 Å². The van der Waals surface area contributed by atoms with Crippen molar-refractivity contribution in [3.8, 4) is 0 Å². The third kappa shape index (κ3) is 6.26. The lowest BCUT2D eigenvalue weighted by molar-refractivity contribution is -0.365. The maximum Gasteiger partial charge on any atom is 0.186 e. The number of ether oxygens (including phenoxy) is 9. The highest BCUT2D eigenvalue weighted by atomic mass is 16.8. The molecule has 0 spiro atoms. The zero-order valence-corrected chi connectivity index (χ0v) is 26.2. The SMILES string of the molecule is CO[C@@H]1O[C@@H](C)[C@H](O[C@@H]2O[C@@H]3CO[C@H](c4ccccc4)O[C@@H]3[C@H](OCc3ccc4ccccc4c3)[C@H]2N=[N+]=[N-])[C@H]2OC(C)(C)O[C@@H]12. The molecule has 0 aliphatic carbocycles. The van der Waals surface area contributed by atoms with Crippen LogP contribution < -0.4 is 0 Å². The summed E-state index contributed by atoms with van der Waals surface area (Å²) in [6, 6.07) is 23.1. The number of nitrogens with zero attached hydrogens (tertiary/aromatic N) is 3. The smallest absolute Gasteiger partial charge is 0.186 e. The van der Waals surface area contributed by atoms with Crippen LogP contribution in [0.4, 0.5) is 0 Å². The molecule has 12 heteroatoms. The van der Waals surface area contributed by atoms with E-state index in [1.165, 1.54) is 0 Å². The first kappa shape index (κ1) is 31.5. The fourth-order valence-electron chi connectivity index (χ4n) is 6.79. The Hall–Kier alpha value is -3.13.